The van der Waals surface area contributed by atoms with Crippen molar-refractivity contribution in [3.05, 3.63) is 29.8 Å². The average Bonchev–Trinajstić information content (AvgIpc) is 2.67. The number of carbonyl (C=O) groups is 3. The van der Waals surface area contributed by atoms with E-state index in [0.717, 1.165) is 11.3 Å². The molecule has 1 heterocycles. The van der Waals surface area contributed by atoms with E-state index in [2.05, 4.69) is 5.32 Å². The topological polar surface area (TPSA) is 79.0 Å². The molecule has 7 heteroatoms. The second kappa shape index (κ2) is 8.88. The molecule has 0 unspecified atom stereocenters. The highest BCUT2D eigenvalue weighted by Gasteiger charge is 2.39. The van der Waals surface area contributed by atoms with E-state index in [-0.39, 0.29) is 17.7 Å². The van der Waals surface area contributed by atoms with Crippen molar-refractivity contribution < 1.29 is 19.1 Å². The molecule has 148 valence electrons. The first-order valence-electron chi connectivity index (χ1n) is 9.22. The van der Waals surface area contributed by atoms with Gasteiger partial charge in [-0.15, -0.1) is 0 Å². The normalized spacial score (nSPS) is 14.7. The number of benzene rings is 1. The molecule has 1 aliphatic heterocycles. The van der Waals surface area contributed by atoms with E-state index in [1.807, 2.05) is 24.3 Å². The van der Waals surface area contributed by atoms with E-state index >= 15 is 0 Å². The fourth-order valence-corrected chi connectivity index (χ4v) is 3.09. The molecule has 0 radical (unpaired) electrons. The van der Waals surface area contributed by atoms with Gasteiger partial charge in [0.05, 0.1) is 7.11 Å². The summed E-state index contributed by atoms with van der Waals surface area (Å²) in [5, 5.41) is 2.86. The minimum Gasteiger partial charge on any atom is -0.497 e. The number of hydrogen-bond acceptors (Lipinski definition) is 4. The fourth-order valence-electron chi connectivity index (χ4n) is 3.09. The molecule has 0 aromatic heterocycles. The maximum absolute atomic E-state index is 12.8. The number of amides is 3. The van der Waals surface area contributed by atoms with E-state index in [0.29, 0.717) is 39.1 Å². The third-order valence-electron chi connectivity index (χ3n) is 4.95. The van der Waals surface area contributed by atoms with Crippen LogP contribution < -0.4 is 10.1 Å². The fraction of sp³-hybridized carbons (Fsp3) is 0.550. The number of carbonyl (C=O) groups excluding carboxylic acids is 3. The highest BCUT2D eigenvalue weighted by atomic mass is 16.5. The molecule has 1 aromatic rings. The lowest BCUT2D eigenvalue weighted by atomic mass is 9.90. The molecule has 1 saturated heterocycles. The van der Waals surface area contributed by atoms with Crippen LogP contribution in [0.25, 0.3) is 0 Å². The lowest BCUT2D eigenvalue weighted by Crippen LogP contribution is -2.56. The van der Waals surface area contributed by atoms with E-state index in [1.54, 1.807) is 30.8 Å². The molecule has 0 aliphatic carbocycles. The third kappa shape index (κ3) is 5.21. The van der Waals surface area contributed by atoms with Crippen molar-refractivity contribution in [2.24, 2.45) is 5.41 Å². The van der Waals surface area contributed by atoms with Gasteiger partial charge in [0.1, 0.15) is 11.2 Å². The molecular weight excluding hydrogens is 346 g/mol. The molecular formula is C20H29N3O4. The van der Waals surface area contributed by atoms with Crippen LogP contribution in [0.1, 0.15) is 26.3 Å². The molecule has 3 amide bonds. The van der Waals surface area contributed by atoms with Gasteiger partial charge in [0.25, 0.3) is 0 Å². The zero-order valence-corrected chi connectivity index (χ0v) is 16.6. The van der Waals surface area contributed by atoms with Crippen molar-refractivity contribution in [1.82, 2.24) is 15.1 Å². The van der Waals surface area contributed by atoms with Crippen molar-refractivity contribution >= 4 is 17.7 Å². The predicted octanol–water partition coefficient (Wildman–Crippen LogP) is 1.07. The summed E-state index contributed by atoms with van der Waals surface area (Å²) in [6, 6.07) is 7.68. The first kappa shape index (κ1) is 20.7. The Bertz CT molecular complexity index is 694. The number of rotatable bonds is 6. The third-order valence-corrected chi connectivity index (χ3v) is 4.95. The Balaban J connectivity index is 1.86. The maximum Gasteiger partial charge on any atom is 0.237 e. The van der Waals surface area contributed by atoms with Crippen molar-refractivity contribution in [3.63, 3.8) is 0 Å². The molecule has 0 spiro atoms. The highest BCUT2D eigenvalue weighted by Crippen LogP contribution is 2.21. The second-order valence-corrected chi connectivity index (χ2v) is 7.28. The Kier molecular flexibility index (Phi) is 6.82. The van der Waals surface area contributed by atoms with E-state index in [1.165, 1.54) is 6.92 Å². The van der Waals surface area contributed by atoms with Gasteiger partial charge >= 0.3 is 0 Å². The number of nitrogens with zero attached hydrogens (tertiary/aromatic N) is 2. The quantitative estimate of drug-likeness (QED) is 0.755. The summed E-state index contributed by atoms with van der Waals surface area (Å²) in [7, 11) is 1.62. The Morgan fingerprint density at radius 1 is 1.11 bits per heavy atom. The van der Waals surface area contributed by atoms with Crippen LogP contribution >= 0.6 is 0 Å². The maximum atomic E-state index is 12.8. The SMILES string of the molecule is COc1cccc(CCNC(=O)C(C)(C)C(=O)N2CCN(C(C)=O)CC2)c1. The van der Waals surface area contributed by atoms with Crippen LogP contribution in [-0.4, -0.2) is 67.4 Å². The number of methoxy groups -OCH3 is 1. The Morgan fingerprint density at radius 3 is 2.33 bits per heavy atom. The second-order valence-electron chi connectivity index (χ2n) is 7.28. The van der Waals surface area contributed by atoms with E-state index in [9.17, 15) is 14.4 Å². The van der Waals surface area contributed by atoms with Gasteiger partial charge in [-0.2, -0.15) is 0 Å². The molecule has 7 nitrogen and oxygen atoms in total. The van der Waals surface area contributed by atoms with Crippen LogP contribution in [-0.2, 0) is 20.8 Å². The molecule has 27 heavy (non-hydrogen) atoms. The smallest absolute Gasteiger partial charge is 0.237 e. The van der Waals surface area contributed by atoms with E-state index < -0.39 is 5.41 Å². The summed E-state index contributed by atoms with van der Waals surface area (Å²) in [6.07, 6.45) is 0.657. The molecule has 0 bridgehead atoms. The zero-order valence-electron chi connectivity index (χ0n) is 16.6. The lowest BCUT2D eigenvalue weighted by Gasteiger charge is -2.37. The van der Waals surface area contributed by atoms with Gasteiger partial charge in [0, 0.05) is 39.6 Å². The van der Waals surface area contributed by atoms with Gasteiger partial charge in [0.2, 0.25) is 17.7 Å². The summed E-state index contributed by atoms with van der Waals surface area (Å²) in [6.45, 7) is 7.19. The zero-order chi connectivity index (χ0) is 20.0. The largest absolute Gasteiger partial charge is 0.497 e. The van der Waals surface area contributed by atoms with Crippen molar-refractivity contribution in [2.45, 2.75) is 27.2 Å². The summed E-state index contributed by atoms with van der Waals surface area (Å²) in [5.74, 6) is 0.296. The Labute approximate surface area is 160 Å². The first-order valence-corrected chi connectivity index (χ1v) is 9.22. The molecule has 1 aromatic carbocycles. The van der Waals surface area contributed by atoms with Gasteiger partial charge in [-0.25, -0.2) is 0 Å². The number of ether oxygens (including phenoxy) is 1. The van der Waals surface area contributed by atoms with E-state index in [4.69, 9.17) is 4.74 Å². The first-order chi connectivity index (χ1) is 12.8. The molecule has 1 aliphatic rings. The number of hydrogen-bond donors (Lipinski definition) is 1. The predicted molar refractivity (Wildman–Crippen MR) is 102 cm³/mol. The summed E-state index contributed by atoms with van der Waals surface area (Å²) in [4.78, 5) is 40.2. The molecule has 1 N–H and O–H groups in total. The Hall–Kier alpha value is -2.57. The van der Waals surface area contributed by atoms with Gasteiger partial charge in [0.15, 0.2) is 0 Å². The number of nitrogens with one attached hydrogen (secondary N) is 1. The van der Waals surface area contributed by atoms with Gasteiger partial charge in [-0.3, -0.25) is 14.4 Å². The van der Waals surface area contributed by atoms with Gasteiger partial charge < -0.3 is 19.9 Å². The summed E-state index contributed by atoms with van der Waals surface area (Å²) in [5.41, 5.74) is -0.0913. The summed E-state index contributed by atoms with van der Waals surface area (Å²) < 4.78 is 5.20. The van der Waals surface area contributed by atoms with Gasteiger partial charge in [-0.05, 0) is 38.0 Å². The minimum absolute atomic E-state index is 0.0108. The molecule has 1 fully saturated rings. The van der Waals surface area contributed by atoms with Crippen LogP contribution in [0.5, 0.6) is 5.75 Å². The number of piperazine rings is 1. The van der Waals surface area contributed by atoms with Crippen molar-refractivity contribution in [2.75, 3.05) is 39.8 Å². The van der Waals surface area contributed by atoms with Crippen LogP contribution in [0.2, 0.25) is 0 Å². The van der Waals surface area contributed by atoms with Crippen LogP contribution in [0.4, 0.5) is 0 Å². The molecule has 0 atom stereocenters. The summed E-state index contributed by atoms with van der Waals surface area (Å²) >= 11 is 0. The van der Waals surface area contributed by atoms with Crippen LogP contribution in [0, 0.1) is 5.41 Å². The van der Waals surface area contributed by atoms with Crippen molar-refractivity contribution in [1.29, 1.82) is 0 Å². The lowest BCUT2D eigenvalue weighted by molar-refractivity contribution is -0.151. The minimum atomic E-state index is -1.15. The standard InChI is InChI=1S/C20H29N3O4/c1-15(24)22-10-12-23(13-11-22)19(26)20(2,3)18(25)21-9-8-16-6-5-7-17(14-16)27-4/h5-7,14H,8-13H2,1-4H3,(H,21,25). The van der Waals surface area contributed by atoms with Crippen LogP contribution in [0.3, 0.4) is 0 Å². The van der Waals surface area contributed by atoms with Gasteiger partial charge in [-0.1, -0.05) is 12.1 Å². The van der Waals surface area contributed by atoms with Crippen molar-refractivity contribution in [3.8, 4) is 5.75 Å². The highest BCUT2D eigenvalue weighted by molar-refractivity contribution is 6.04. The van der Waals surface area contributed by atoms with Crippen LogP contribution in [0.15, 0.2) is 24.3 Å². The molecule has 2 rings (SSSR count). The monoisotopic (exact) mass is 375 g/mol. The molecule has 0 saturated carbocycles. The Morgan fingerprint density at radius 2 is 1.74 bits per heavy atom. The average molecular weight is 375 g/mol.